The third-order valence-corrected chi connectivity index (χ3v) is 3.68. The van der Waals surface area contributed by atoms with E-state index in [1.54, 1.807) is 11.8 Å². The summed E-state index contributed by atoms with van der Waals surface area (Å²) in [7, 11) is 0. The molecule has 0 heterocycles. The zero-order chi connectivity index (χ0) is 13.7. The Morgan fingerprint density at radius 2 is 1.89 bits per heavy atom. The van der Waals surface area contributed by atoms with E-state index < -0.39 is 0 Å². The van der Waals surface area contributed by atoms with Gasteiger partial charge < -0.3 is 5.73 Å². The minimum atomic E-state index is 0.607. The number of para-hydroxylation sites is 1. The molecular weight excluding hydrogens is 252 g/mol. The first-order chi connectivity index (χ1) is 9.15. The predicted octanol–water partition coefficient (Wildman–Crippen LogP) is 4.18. The summed E-state index contributed by atoms with van der Waals surface area (Å²) in [6, 6.07) is 16.5. The second-order valence-electron chi connectivity index (χ2n) is 4.51. The Bertz CT molecular complexity index is 591. The van der Waals surface area contributed by atoms with Crippen molar-refractivity contribution in [2.45, 2.75) is 19.6 Å². The Morgan fingerprint density at radius 3 is 2.63 bits per heavy atom. The van der Waals surface area contributed by atoms with Crippen LogP contribution in [0, 0.1) is 13.8 Å². The Balaban J connectivity index is 2.02. The van der Waals surface area contributed by atoms with Gasteiger partial charge in [0.1, 0.15) is 0 Å². The number of benzene rings is 2. The molecule has 0 spiro atoms. The van der Waals surface area contributed by atoms with Gasteiger partial charge in [0.25, 0.3) is 0 Å². The van der Waals surface area contributed by atoms with Gasteiger partial charge in [0, 0.05) is 5.75 Å². The van der Waals surface area contributed by atoms with E-state index in [4.69, 9.17) is 5.73 Å². The summed E-state index contributed by atoms with van der Waals surface area (Å²) in [5, 5.41) is 0.607. The molecule has 0 amide bonds. The third-order valence-electron chi connectivity index (χ3n) is 2.82. The Kier molecular flexibility index (Phi) is 4.63. The number of rotatable bonds is 3. The highest BCUT2D eigenvalue weighted by molar-refractivity contribution is 8.13. The lowest BCUT2D eigenvalue weighted by Gasteiger charge is -2.04. The molecule has 0 saturated heterocycles. The zero-order valence-electron chi connectivity index (χ0n) is 11.3. The standard InChI is InChI=1S/C16H18N2S/c1-12-6-5-8-14(10-12)11-19-16(17)18-15-9-4-3-7-13(15)2/h3-10H,11H2,1-2H3,(H2,17,18). The summed E-state index contributed by atoms with van der Waals surface area (Å²) >= 11 is 1.57. The molecule has 0 aromatic heterocycles. The maximum Gasteiger partial charge on any atom is 0.159 e. The first-order valence-corrected chi connectivity index (χ1v) is 7.22. The highest BCUT2D eigenvalue weighted by Crippen LogP contribution is 2.20. The number of nitrogens with two attached hydrogens (primary N) is 1. The number of amidine groups is 1. The lowest BCUT2D eigenvalue weighted by atomic mass is 10.2. The lowest BCUT2D eigenvalue weighted by molar-refractivity contribution is 1.36. The molecule has 2 rings (SSSR count). The molecule has 0 aliphatic carbocycles. The lowest BCUT2D eigenvalue weighted by Crippen LogP contribution is -2.06. The largest absolute Gasteiger partial charge is 0.378 e. The van der Waals surface area contributed by atoms with Crippen LogP contribution in [0.1, 0.15) is 16.7 Å². The first-order valence-electron chi connectivity index (χ1n) is 6.23. The Morgan fingerprint density at radius 1 is 1.11 bits per heavy atom. The SMILES string of the molecule is Cc1cccc(CS/C(N)=N/c2ccccc2C)c1. The van der Waals surface area contributed by atoms with Crippen molar-refractivity contribution in [3.63, 3.8) is 0 Å². The summed E-state index contributed by atoms with van der Waals surface area (Å²) in [6.45, 7) is 4.14. The molecule has 2 N–H and O–H groups in total. The minimum absolute atomic E-state index is 0.607. The van der Waals surface area contributed by atoms with Gasteiger partial charge in [-0.2, -0.15) is 0 Å². The molecule has 0 bridgehead atoms. The van der Waals surface area contributed by atoms with Gasteiger partial charge in [0.2, 0.25) is 0 Å². The molecule has 0 saturated carbocycles. The van der Waals surface area contributed by atoms with Crippen molar-refractivity contribution in [2.75, 3.05) is 0 Å². The maximum atomic E-state index is 5.97. The third kappa shape index (κ3) is 4.14. The van der Waals surface area contributed by atoms with Crippen LogP contribution in [0.4, 0.5) is 5.69 Å². The molecule has 2 aromatic carbocycles. The molecule has 0 fully saturated rings. The van der Waals surface area contributed by atoms with Crippen molar-refractivity contribution in [1.82, 2.24) is 0 Å². The highest BCUT2D eigenvalue weighted by atomic mass is 32.2. The van der Waals surface area contributed by atoms with Gasteiger partial charge in [-0.15, -0.1) is 0 Å². The van der Waals surface area contributed by atoms with E-state index in [0.29, 0.717) is 5.17 Å². The molecule has 2 aromatic rings. The highest BCUT2D eigenvalue weighted by Gasteiger charge is 1.99. The van der Waals surface area contributed by atoms with Gasteiger partial charge in [-0.3, -0.25) is 0 Å². The molecule has 0 radical (unpaired) electrons. The summed E-state index contributed by atoms with van der Waals surface area (Å²) in [6.07, 6.45) is 0. The van der Waals surface area contributed by atoms with E-state index in [-0.39, 0.29) is 0 Å². The Hall–Kier alpha value is -1.74. The topological polar surface area (TPSA) is 38.4 Å². The Labute approximate surface area is 118 Å². The second kappa shape index (κ2) is 6.43. The molecule has 3 heteroatoms. The molecular formula is C16H18N2S. The molecule has 0 atom stereocenters. The van der Waals surface area contributed by atoms with E-state index in [1.807, 2.05) is 31.2 Å². The first kappa shape index (κ1) is 13.7. The maximum absolute atomic E-state index is 5.97. The van der Waals surface area contributed by atoms with Crippen molar-refractivity contribution in [1.29, 1.82) is 0 Å². The summed E-state index contributed by atoms with van der Waals surface area (Å²) in [5.74, 6) is 0.850. The van der Waals surface area contributed by atoms with Gasteiger partial charge in [0.05, 0.1) is 5.69 Å². The number of thioether (sulfide) groups is 1. The van der Waals surface area contributed by atoms with Crippen LogP contribution >= 0.6 is 11.8 Å². The monoisotopic (exact) mass is 270 g/mol. The van der Waals surface area contributed by atoms with Gasteiger partial charge in [-0.25, -0.2) is 4.99 Å². The van der Waals surface area contributed by atoms with Crippen molar-refractivity contribution in [3.05, 3.63) is 65.2 Å². The van der Waals surface area contributed by atoms with E-state index in [1.165, 1.54) is 11.1 Å². The van der Waals surface area contributed by atoms with Gasteiger partial charge in [0.15, 0.2) is 5.17 Å². The van der Waals surface area contributed by atoms with Crippen LogP contribution in [0.5, 0.6) is 0 Å². The average Bonchev–Trinajstić information content (AvgIpc) is 2.39. The van der Waals surface area contributed by atoms with E-state index >= 15 is 0 Å². The fourth-order valence-electron chi connectivity index (χ4n) is 1.80. The molecule has 19 heavy (non-hydrogen) atoms. The van der Waals surface area contributed by atoms with Crippen molar-refractivity contribution < 1.29 is 0 Å². The van der Waals surface area contributed by atoms with Crippen molar-refractivity contribution in [3.8, 4) is 0 Å². The predicted molar refractivity (Wildman–Crippen MR) is 84.9 cm³/mol. The number of hydrogen-bond acceptors (Lipinski definition) is 2. The van der Waals surface area contributed by atoms with Gasteiger partial charge in [-0.05, 0) is 31.0 Å². The van der Waals surface area contributed by atoms with Crippen molar-refractivity contribution >= 4 is 22.6 Å². The second-order valence-corrected chi connectivity index (χ2v) is 5.51. The summed E-state index contributed by atoms with van der Waals surface area (Å²) in [4.78, 5) is 4.45. The fourth-order valence-corrected chi connectivity index (χ4v) is 2.46. The number of hydrogen-bond donors (Lipinski definition) is 1. The van der Waals surface area contributed by atoms with Crippen LogP contribution < -0.4 is 5.73 Å². The molecule has 98 valence electrons. The fraction of sp³-hybridized carbons (Fsp3) is 0.188. The summed E-state index contributed by atoms with van der Waals surface area (Å²) < 4.78 is 0. The number of aliphatic imine (C=N–C) groups is 1. The van der Waals surface area contributed by atoms with E-state index in [2.05, 4.69) is 36.2 Å². The minimum Gasteiger partial charge on any atom is -0.378 e. The van der Waals surface area contributed by atoms with Gasteiger partial charge in [-0.1, -0.05) is 59.8 Å². The van der Waals surface area contributed by atoms with Crippen LogP contribution in [-0.2, 0) is 5.75 Å². The smallest absolute Gasteiger partial charge is 0.159 e. The molecule has 2 nitrogen and oxygen atoms in total. The molecule has 0 aliphatic heterocycles. The van der Waals surface area contributed by atoms with E-state index in [0.717, 1.165) is 17.0 Å². The van der Waals surface area contributed by atoms with Crippen LogP contribution in [0.15, 0.2) is 53.5 Å². The van der Waals surface area contributed by atoms with E-state index in [9.17, 15) is 0 Å². The van der Waals surface area contributed by atoms with Crippen LogP contribution in [0.3, 0.4) is 0 Å². The number of aryl methyl sites for hydroxylation is 2. The van der Waals surface area contributed by atoms with Crippen LogP contribution in [0.25, 0.3) is 0 Å². The summed E-state index contributed by atoms with van der Waals surface area (Å²) in [5.41, 5.74) is 10.6. The molecule has 0 unspecified atom stereocenters. The molecule has 0 aliphatic rings. The van der Waals surface area contributed by atoms with Crippen LogP contribution in [0.2, 0.25) is 0 Å². The average molecular weight is 270 g/mol. The van der Waals surface area contributed by atoms with Crippen molar-refractivity contribution in [2.24, 2.45) is 10.7 Å². The zero-order valence-corrected chi connectivity index (χ0v) is 12.1. The normalized spacial score (nSPS) is 11.6. The van der Waals surface area contributed by atoms with Crippen LogP contribution in [-0.4, -0.2) is 5.17 Å². The quantitative estimate of drug-likeness (QED) is 0.671. The van der Waals surface area contributed by atoms with Gasteiger partial charge >= 0.3 is 0 Å². The number of nitrogens with zero attached hydrogens (tertiary/aromatic N) is 1.